The van der Waals surface area contributed by atoms with Crippen molar-refractivity contribution in [1.82, 2.24) is 40.6 Å². The summed E-state index contributed by atoms with van der Waals surface area (Å²) in [4.78, 5) is 21.9. The number of pyridine rings is 1. The highest BCUT2D eigenvalue weighted by Gasteiger charge is 2.26. The number of benzene rings is 1. The molecule has 0 atom stereocenters. The molecule has 0 unspecified atom stereocenters. The van der Waals surface area contributed by atoms with Gasteiger partial charge in [-0.3, -0.25) is 14.8 Å². The summed E-state index contributed by atoms with van der Waals surface area (Å²) < 4.78 is 6.18. The highest BCUT2D eigenvalue weighted by atomic mass is 16.4. The number of aromatic nitrogens is 6. The van der Waals surface area contributed by atoms with E-state index in [9.17, 15) is 4.79 Å². The number of aromatic amines is 2. The number of hydrogen-bond acceptors (Lipinski definition) is 7. The van der Waals surface area contributed by atoms with E-state index in [4.69, 9.17) is 4.42 Å². The molecular weight excluding hydrogens is 468 g/mol. The van der Waals surface area contributed by atoms with Gasteiger partial charge < -0.3 is 14.7 Å². The Labute approximate surface area is 213 Å². The Morgan fingerprint density at radius 2 is 2.03 bits per heavy atom. The van der Waals surface area contributed by atoms with Gasteiger partial charge in [0, 0.05) is 46.6 Å². The van der Waals surface area contributed by atoms with E-state index >= 15 is 0 Å². The van der Waals surface area contributed by atoms with Crippen LogP contribution in [0.5, 0.6) is 0 Å². The average molecular weight is 499 g/mol. The second-order valence-electron chi connectivity index (χ2n) is 9.99. The van der Waals surface area contributed by atoms with Gasteiger partial charge in [0.05, 0.1) is 18.4 Å². The van der Waals surface area contributed by atoms with Crippen LogP contribution in [0.15, 0.2) is 41.1 Å². The fourth-order valence-corrected chi connectivity index (χ4v) is 5.36. The molecule has 0 saturated carbocycles. The molecule has 0 bridgehead atoms. The van der Waals surface area contributed by atoms with Gasteiger partial charge in [-0.05, 0) is 61.7 Å². The molecule has 1 aliphatic rings. The molecule has 1 fully saturated rings. The molecule has 1 aromatic carbocycles. The van der Waals surface area contributed by atoms with E-state index in [0.717, 1.165) is 64.7 Å². The third-order valence-electron chi connectivity index (χ3n) is 7.31. The molecule has 5 heterocycles. The molecule has 1 aliphatic heterocycles. The minimum atomic E-state index is 0.0423. The highest BCUT2D eigenvalue weighted by molar-refractivity contribution is 5.99. The minimum Gasteiger partial charge on any atom is -0.420 e. The van der Waals surface area contributed by atoms with Gasteiger partial charge in [-0.25, -0.2) is 4.98 Å². The number of nitrogens with zero attached hydrogens (tertiary/aromatic N) is 5. The summed E-state index contributed by atoms with van der Waals surface area (Å²) >= 11 is 0. The van der Waals surface area contributed by atoms with Crippen LogP contribution in [0.25, 0.3) is 44.6 Å². The predicted molar refractivity (Wildman–Crippen MR) is 141 cm³/mol. The van der Waals surface area contributed by atoms with E-state index in [-0.39, 0.29) is 17.7 Å². The van der Waals surface area contributed by atoms with Gasteiger partial charge in [0.1, 0.15) is 0 Å². The Balaban J connectivity index is 1.30. The van der Waals surface area contributed by atoms with E-state index in [1.165, 1.54) is 5.56 Å². The Hall–Kier alpha value is -4.05. The van der Waals surface area contributed by atoms with Gasteiger partial charge in [-0.15, -0.1) is 10.2 Å². The highest BCUT2D eigenvalue weighted by Crippen LogP contribution is 2.39. The summed E-state index contributed by atoms with van der Waals surface area (Å²) in [5.74, 6) is 1.74. The largest absolute Gasteiger partial charge is 0.420 e. The zero-order chi connectivity index (χ0) is 25.5. The smallest absolute Gasteiger partial charge is 0.247 e. The van der Waals surface area contributed by atoms with Crippen LogP contribution in [0.4, 0.5) is 0 Å². The summed E-state index contributed by atoms with van der Waals surface area (Å²) in [7, 11) is 1.67. The van der Waals surface area contributed by atoms with Crippen molar-refractivity contribution < 1.29 is 9.21 Å². The molecule has 0 spiro atoms. The lowest BCUT2D eigenvalue weighted by molar-refractivity contribution is -0.122. The first kappa shape index (κ1) is 23.4. The van der Waals surface area contributed by atoms with Gasteiger partial charge in [-0.2, -0.15) is 5.10 Å². The van der Waals surface area contributed by atoms with E-state index in [1.54, 1.807) is 13.2 Å². The SMILES string of the molecule is CNC(=O)CN1CCC(c2nnc(-c3ccc4[nH]c(-c5ccnc6[nH]ncc56)c(C(C)C)c4c3)o2)CC1. The molecule has 1 amide bonds. The molecular formula is C27H30N8O2. The normalized spacial score (nSPS) is 15.2. The zero-order valence-corrected chi connectivity index (χ0v) is 21.2. The summed E-state index contributed by atoms with van der Waals surface area (Å²) in [6.45, 7) is 6.51. The first-order valence-electron chi connectivity index (χ1n) is 12.7. The van der Waals surface area contributed by atoms with E-state index in [2.05, 4.69) is 66.6 Å². The molecule has 3 N–H and O–H groups in total. The average Bonchev–Trinajstić information content (AvgIpc) is 3.66. The molecule has 5 aromatic rings. The van der Waals surface area contributed by atoms with Crippen molar-refractivity contribution in [3.05, 3.63) is 48.1 Å². The number of piperidine rings is 1. The summed E-state index contributed by atoms with van der Waals surface area (Å²) in [5.41, 5.74) is 6.10. The number of carbonyl (C=O) groups excluding carboxylic acids is 1. The van der Waals surface area contributed by atoms with Gasteiger partial charge in [0.15, 0.2) is 5.65 Å². The third-order valence-corrected chi connectivity index (χ3v) is 7.31. The van der Waals surface area contributed by atoms with E-state index in [1.807, 2.05) is 18.3 Å². The van der Waals surface area contributed by atoms with Crippen LogP contribution in [-0.4, -0.2) is 67.9 Å². The van der Waals surface area contributed by atoms with Crippen LogP contribution < -0.4 is 5.32 Å². The Morgan fingerprint density at radius 1 is 1.19 bits per heavy atom. The van der Waals surface area contributed by atoms with Crippen LogP contribution >= 0.6 is 0 Å². The fourth-order valence-electron chi connectivity index (χ4n) is 5.36. The summed E-state index contributed by atoms with van der Waals surface area (Å²) in [6, 6.07) is 8.27. The lowest BCUT2D eigenvalue weighted by atomic mass is 9.95. The summed E-state index contributed by atoms with van der Waals surface area (Å²) in [6.07, 6.45) is 5.41. The van der Waals surface area contributed by atoms with Crippen molar-refractivity contribution in [3.63, 3.8) is 0 Å². The second-order valence-corrected chi connectivity index (χ2v) is 9.99. The lowest BCUT2D eigenvalue weighted by Crippen LogP contribution is -2.40. The number of likely N-dealkylation sites (N-methyl/N-ethyl adjacent to an activating group) is 1. The molecule has 0 aliphatic carbocycles. The van der Waals surface area contributed by atoms with Gasteiger partial charge in [0.2, 0.25) is 17.7 Å². The van der Waals surface area contributed by atoms with Gasteiger partial charge in [-0.1, -0.05) is 13.8 Å². The van der Waals surface area contributed by atoms with Crippen molar-refractivity contribution in [2.45, 2.75) is 38.5 Å². The lowest BCUT2D eigenvalue weighted by Gasteiger charge is -2.29. The summed E-state index contributed by atoms with van der Waals surface area (Å²) in [5, 5.41) is 20.7. The predicted octanol–water partition coefficient (Wildman–Crippen LogP) is 4.21. The number of hydrogen-bond donors (Lipinski definition) is 3. The monoisotopic (exact) mass is 498 g/mol. The molecule has 4 aromatic heterocycles. The topological polar surface area (TPSA) is 129 Å². The zero-order valence-electron chi connectivity index (χ0n) is 21.2. The number of carbonyl (C=O) groups is 1. The first-order valence-corrected chi connectivity index (χ1v) is 12.7. The Kier molecular flexibility index (Phi) is 5.96. The number of amides is 1. The van der Waals surface area contributed by atoms with E-state index < -0.39 is 0 Å². The molecule has 10 nitrogen and oxygen atoms in total. The minimum absolute atomic E-state index is 0.0423. The van der Waals surface area contributed by atoms with Crippen LogP contribution in [0.1, 0.15) is 50.0 Å². The van der Waals surface area contributed by atoms with Crippen LogP contribution in [0.2, 0.25) is 0 Å². The molecule has 10 heteroatoms. The molecule has 0 radical (unpaired) electrons. The molecule has 1 saturated heterocycles. The van der Waals surface area contributed by atoms with Crippen molar-refractivity contribution in [3.8, 4) is 22.7 Å². The number of H-pyrrole nitrogens is 2. The Morgan fingerprint density at radius 3 is 2.81 bits per heavy atom. The first-order chi connectivity index (χ1) is 18.0. The molecule has 6 rings (SSSR count). The standard InChI is InChI=1S/C27H30N8O2/c1-15(2)23-19-12-17(4-5-21(19)31-24(23)18-6-9-29-25-20(18)13-30-32-25)27-34-33-26(37-27)16-7-10-35(11-8-16)14-22(36)28-3/h4-6,9,12-13,15-16,31H,7-8,10-11,14H2,1-3H3,(H,28,36)(H,29,30,32). The number of fused-ring (bicyclic) bond motifs is 2. The number of rotatable bonds is 6. The number of likely N-dealkylation sites (tertiary alicyclic amines) is 1. The van der Waals surface area contributed by atoms with E-state index in [0.29, 0.717) is 18.3 Å². The maximum atomic E-state index is 11.7. The molecule has 37 heavy (non-hydrogen) atoms. The maximum Gasteiger partial charge on any atom is 0.247 e. The van der Waals surface area contributed by atoms with Crippen LogP contribution in [-0.2, 0) is 4.79 Å². The Bertz CT molecular complexity index is 1570. The third kappa shape index (κ3) is 4.27. The van der Waals surface area contributed by atoms with Crippen LogP contribution in [0.3, 0.4) is 0 Å². The van der Waals surface area contributed by atoms with Crippen molar-refractivity contribution in [1.29, 1.82) is 0 Å². The quantitative estimate of drug-likeness (QED) is 0.320. The van der Waals surface area contributed by atoms with Crippen LogP contribution in [0, 0.1) is 0 Å². The number of nitrogens with one attached hydrogen (secondary N) is 3. The second kappa shape index (κ2) is 9.44. The fraction of sp³-hybridized carbons (Fsp3) is 0.370. The van der Waals surface area contributed by atoms with Crippen molar-refractivity contribution in [2.75, 3.05) is 26.7 Å². The molecule has 190 valence electrons. The van der Waals surface area contributed by atoms with Crippen molar-refractivity contribution in [2.24, 2.45) is 0 Å². The van der Waals surface area contributed by atoms with Crippen molar-refractivity contribution >= 4 is 27.8 Å². The maximum absolute atomic E-state index is 11.7. The van der Waals surface area contributed by atoms with Gasteiger partial charge in [0.25, 0.3) is 0 Å². The van der Waals surface area contributed by atoms with Gasteiger partial charge >= 0.3 is 0 Å².